The van der Waals surface area contributed by atoms with Gasteiger partial charge in [-0.15, -0.1) is 0 Å². The van der Waals surface area contributed by atoms with Crippen molar-refractivity contribution in [3.05, 3.63) is 27.7 Å². The van der Waals surface area contributed by atoms with Crippen LogP contribution in [0.1, 0.15) is 5.56 Å². The molecule has 0 aliphatic carbocycles. The van der Waals surface area contributed by atoms with Crippen LogP contribution in [0.3, 0.4) is 0 Å². The quantitative estimate of drug-likeness (QED) is 0.921. The highest BCUT2D eigenvalue weighted by Gasteiger charge is 2.12. The molecule has 1 fully saturated rings. The largest absolute Gasteiger partial charge is 0.496 e. The van der Waals surface area contributed by atoms with Crippen LogP contribution < -0.4 is 10.1 Å². The van der Waals surface area contributed by atoms with E-state index in [9.17, 15) is 0 Å². The summed E-state index contributed by atoms with van der Waals surface area (Å²) in [7, 11) is 1.66. The molecule has 18 heavy (non-hydrogen) atoms. The number of nitrogens with zero attached hydrogens (tertiary/aromatic N) is 1. The summed E-state index contributed by atoms with van der Waals surface area (Å²) in [4.78, 5) is 2.44. The Morgan fingerprint density at radius 1 is 1.22 bits per heavy atom. The van der Waals surface area contributed by atoms with E-state index in [1.807, 2.05) is 6.07 Å². The van der Waals surface area contributed by atoms with Crippen molar-refractivity contribution < 1.29 is 4.74 Å². The van der Waals surface area contributed by atoms with E-state index in [4.69, 9.17) is 27.9 Å². The molecule has 0 unspecified atom stereocenters. The van der Waals surface area contributed by atoms with Gasteiger partial charge < -0.3 is 15.0 Å². The number of benzene rings is 1. The molecule has 0 saturated carbocycles. The van der Waals surface area contributed by atoms with Crippen molar-refractivity contribution in [2.75, 3.05) is 39.8 Å². The maximum atomic E-state index is 6.05. The number of nitrogens with one attached hydrogen (secondary N) is 1. The van der Waals surface area contributed by atoms with Crippen molar-refractivity contribution >= 4 is 23.2 Å². The highest BCUT2D eigenvalue weighted by molar-refractivity contribution is 6.42. The molecule has 1 heterocycles. The predicted molar refractivity (Wildman–Crippen MR) is 76.0 cm³/mol. The average molecular weight is 289 g/mol. The van der Waals surface area contributed by atoms with Crippen LogP contribution in [0, 0.1) is 0 Å². The summed E-state index contributed by atoms with van der Waals surface area (Å²) in [6.07, 6.45) is 0.931. The molecule has 1 saturated heterocycles. The minimum atomic E-state index is 0.541. The van der Waals surface area contributed by atoms with Gasteiger partial charge in [-0.25, -0.2) is 0 Å². The molecule has 1 N–H and O–H groups in total. The Hall–Kier alpha value is -0.480. The molecule has 2 rings (SSSR count). The lowest BCUT2D eigenvalue weighted by Crippen LogP contribution is -2.44. The first-order valence-corrected chi connectivity index (χ1v) is 6.91. The van der Waals surface area contributed by atoms with Gasteiger partial charge in [-0.1, -0.05) is 23.2 Å². The Bertz CT molecular complexity index is 406. The van der Waals surface area contributed by atoms with Crippen LogP contribution in [0.15, 0.2) is 12.1 Å². The van der Waals surface area contributed by atoms with Gasteiger partial charge >= 0.3 is 0 Å². The Morgan fingerprint density at radius 2 is 1.89 bits per heavy atom. The molecule has 0 aromatic heterocycles. The molecule has 3 nitrogen and oxygen atoms in total. The minimum absolute atomic E-state index is 0.541. The zero-order valence-electron chi connectivity index (χ0n) is 10.5. The number of ether oxygens (including phenoxy) is 1. The summed E-state index contributed by atoms with van der Waals surface area (Å²) in [6, 6.07) is 3.70. The summed E-state index contributed by atoms with van der Waals surface area (Å²) in [5.41, 5.74) is 1.12. The highest BCUT2D eigenvalue weighted by atomic mass is 35.5. The van der Waals surface area contributed by atoms with Crippen LogP contribution in [-0.4, -0.2) is 44.7 Å². The Balaban J connectivity index is 2.01. The molecule has 1 aromatic carbocycles. The number of hydrogen-bond acceptors (Lipinski definition) is 3. The topological polar surface area (TPSA) is 24.5 Å². The minimum Gasteiger partial charge on any atom is -0.496 e. The third kappa shape index (κ3) is 3.51. The second-order valence-electron chi connectivity index (χ2n) is 4.42. The van der Waals surface area contributed by atoms with E-state index >= 15 is 0 Å². The second kappa shape index (κ2) is 6.62. The molecule has 1 aliphatic heterocycles. The van der Waals surface area contributed by atoms with Crippen LogP contribution in [-0.2, 0) is 6.42 Å². The lowest BCUT2D eigenvalue weighted by molar-refractivity contribution is 0.243. The molecular formula is C13H18Cl2N2O. The van der Waals surface area contributed by atoms with Gasteiger partial charge in [-0.05, 0) is 18.1 Å². The molecule has 0 atom stereocenters. The average Bonchev–Trinajstić information content (AvgIpc) is 2.41. The summed E-state index contributed by atoms with van der Waals surface area (Å²) in [6.45, 7) is 5.36. The Labute approximate surface area is 118 Å². The van der Waals surface area contributed by atoms with E-state index in [2.05, 4.69) is 10.2 Å². The van der Waals surface area contributed by atoms with Crippen molar-refractivity contribution in [1.82, 2.24) is 10.2 Å². The van der Waals surface area contributed by atoms with Gasteiger partial charge in [-0.3, -0.25) is 0 Å². The Morgan fingerprint density at radius 3 is 2.56 bits per heavy atom. The van der Waals surface area contributed by atoms with E-state index in [0.29, 0.717) is 10.0 Å². The molecule has 0 bridgehead atoms. The first kappa shape index (κ1) is 13.9. The van der Waals surface area contributed by atoms with Gasteiger partial charge in [-0.2, -0.15) is 0 Å². The number of rotatable bonds is 4. The van der Waals surface area contributed by atoms with E-state index in [1.165, 1.54) is 0 Å². The van der Waals surface area contributed by atoms with Crippen LogP contribution in [0.25, 0.3) is 0 Å². The van der Waals surface area contributed by atoms with Gasteiger partial charge in [0.2, 0.25) is 0 Å². The molecule has 0 radical (unpaired) electrons. The summed E-state index contributed by atoms with van der Waals surface area (Å²) < 4.78 is 5.35. The first-order chi connectivity index (χ1) is 8.70. The maximum Gasteiger partial charge on any atom is 0.123 e. The lowest BCUT2D eigenvalue weighted by Gasteiger charge is -2.27. The molecule has 5 heteroatoms. The first-order valence-electron chi connectivity index (χ1n) is 6.15. The van der Waals surface area contributed by atoms with Crippen molar-refractivity contribution in [3.8, 4) is 5.75 Å². The molecule has 0 amide bonds. The lowest BCUT2D eigenvalue weighted by atomic mass is 10.1. The van der Waals surface area contributed by atoms with E-state index in [1.54, 1.807) is 13.2 Å². The van der Waals surface area contributed by atoms with Crippen molar-refractivity contribution in [2.24, 2.45) is 0 Å². The number of methoxy groups -OCH3 is 1. The van der Waals surface area contributed by atoms with Gasteiger partial charge in [0.05, 0.1) is 17.2 Å². The summed E-state index contributed by atoms with van der Waals surface area (Å²) in [5, 5.41) is 4.48. The van der Waals surface area contributed by atoms with Crippen LogP contribution >= 0.6 is 23.2 Å². The number of piperazine rings is 1. The standard InChI is InChI=1S/C13H18Cl2N2O/c1-18-13-9-12(15)11(14)8-10(13)2-5-17-6-3-16-4-7-17/h8-9,16H,2-7H2,1H3. The second-order valence-corrected chi connectivity index (χ2v) is 5.23. The summed E-state index contributed by atoms with van der Waals surface area (Å²) >= 11 is 12.0. The smallest absolute Gasteiger partial charge is 0.123 e. The van der Waals surface area contributed by atoms with Gasteiger partial charge in [0.25, 0.3) is 0 Å². The van der Waals surface area contributed by atoms with Crippen molar-refractivity contribution in [3.63, 3.8) is 0 Å². The van der Waals surface area contributed by atoms with Crippen LogP contribution in [0.5, 0.6) is 5.75 Å². The van der Waals surface area contributed by atoms with Crippen LogP contribution in [0.2, 0.25) is 10.0 Å². The fraction of sp³-hybridized carbons (Fsp3) is 0.538. The third-order valence-electron chi connectivity index (χ3n) is 3.23. The number of hydrogen-bond donors (Lipinski definition) is 1. The zero-order valence-corrected chi connectivity index (χ0v) is 12.0. The third-order valence-corrected chi connectivity index (χ3v) is 3.95. The van der Waals surface area contributed by atoms with E-state index in [0.717, 1.165) is 50.5 Å². The van der Waals surface area contributed by atoms with Gasteiger partial charge in [0.1, 0.15) is 5.75 Å². The monoisotopic (exact) mass is 288 g/mol. The maximum absolute atomic E-state index is 6.05. The normalized spacial score (nSPS) is 16.8. The van der Waals surface area contributed by atoms with Crippen LogP contribution in [0.4, 0.5) is 0 Å². The molecule has 1 aliphatic rings. The molecular weight excluding hydrogens is 271 g/mol. The highest BCUT2D eigenvalue weighted by Crippen LogP contribution is 2.30. The zero-order chi connectivity index (χ0) is 13.0. The van der Waals surface area contributed by atoms with E-state index in [-0.39, 0.29) is 0 Å². The van der Waals surface area contributed by atoms with Crippen molar-refractivity contribution in [1.29, 1.82) is 0 Å². The predicted octanol–water partition coefficient (Wildman–Crippen LogP) is 2.45. The number of halogens is 2. The SMILES string of the molecule is COc1cc(Cl)c(Cl)cc1CCN1CCNCC1. The fourth-order valence-electron chi connectivity index (χ4n) is 2.17. The van der Waals surface area contributed by atoms with Crippen molar-refractivity contribution in [2.45, 2.75) is 6.42 Å². The molecule has 100 valence electrons. The summed E-state index contributed by atoms with van der Waals surface area (Å²) in [5.74, 6) is 0.819. The molecule has 1 aromatic rings. The van der Waals surface area contributed by atoms with Gasteiger partial charge in [0, 0.05) is 38.8 Å². The fourth-order valence-corrected chi connectivity index (χ4v) is 2.51. The van der Waals surface area contributed by atoms with Gasteiger partial charge in [0.15, 0.2) is 0 Å². The molecule has 0 spiro atoms. The Kier molecular flexibility index (Phi) is 5.13. The van der Waals surface area contributed by atoms with E-state index < -0.39 is 0 Å².